The van der Waals surface area contributed by atoms with E-state index in [0.717, 1.165) is 21.8 Å². The number of hydrogen-bond donors (Lipinski definition) is 2. The molecule has 3 N–H and O–H groups in total. The van der Waals surface area contributed by atoms with E-state index < -0.39 is 0 Å². The summed E-state index contributed by atoms with van der Waals surface area (Å²) in [5, 5.41) is 5.44. The van der Waals surface area contributed by atoms with Crippen molar-refractivity contribution < 1.29 is 4.79 Å². The molecule has 4 nitrogen and oxygen atoms in total. The highest BCUT2D eigenvalue weighted by Crippen LogP contribution is 2.24. The average Bonchev–Trinajstić information content (AvgIpc) is 2.87. The summed E-state index contributed by atoms with van der Waals surface area (Å²) >= 11 is 1.55. The first-order valence-corrected chi connectivity index (χ1v) is 6.55. The molecule has 1 amide bonds. The number of carbonyl (C=O) groups is 1. The van der Waals surface area contributed by atoms with Gasteiger partial charge in [0.15, 0.2) is 0 Å². The summed E-state index contributed by atoms with van der Waals surface area (Å²) in [7, 11) is 1.63. The van der Waals surface area contributed by atoms with Crippen molar-refractivity contribution in [3.8, 4) is 10.6 Å². The molecule has 0 radical (unpaired) electrons. The lowest BCUT2D eigenvalue weighted by Gasteiger charge is -1.99. The number of nitrogens with one attached hydrogen (secondary N) is 1. The summed E-state index contributed by atoms with van der Waals surface area (Å²) in [6.45, 7) is 0.542. The van der Waals surface area contributed by atoms with Gasteiger partial charge in [0.25, 0.3) is 0 Å². The summed E-state index contributed by atoms with van der Waals surface area (Å²) in [6.07, 6.45) is 0.327. The summed E-state index contributed by atoms with van der Waals surface area (Å²) in [5.74, 6) is -0.0228. The van der Waals surface area contributed by atoms with Crippen molar-refractivity contribution in [2.24, 2.45) is 5.73 Å². The molecular weight excluding hydrogens is 246 g/mol. The molecule has 0 unspecified atom stereocenters. The van der Waals surface area contributed by atoms with Crippen LogP contribution in [0.15, 0.2) is 29.6 Å². The lowest BCUT2D eigenvalue weighted by Crippen LogP contribution is -2.19. The molecule has 0 aliphatic rings. The molecule has 5 heteroatoms. The standard InChI is InChI=1S/C13H15N3OS/c1-15-12(17)6-11-8-18-13(16-11)10-4-2-9(7-14)3-5-10/h2-5,8H,6-7,14H2,1H3,(H,15,17). The Hall–Kier alpha value is -1.72. The number of carbonyl (C=O) groups excluding carboxylic acids is 1. The molecule has 0 saturated carbocycles. The number of rotatable bonds is 4. The number of amides is 1. The Morgan fingerprint density at radius 2 is 2.11 bits per heavy atom. The lowest BCUT2D eigenvalue weighted by molar-refractivity contribution is -0.120. The fourth-order valence-electron chi connectivity index (χ4n) is 1.56. The fraction of sp³-hybridized carbons (Fsp3) is 0.231. The van der Waals surface area contributed by atoms with Crippen LogP contribution in [0.2, 0.25) is 0 Å². The Balaban J connectivity index is 2.15. The molecule has 1 heterocycles. The Labute approximate surface area is 110 Å². The maximum Gasteiger partial charge on any atom is 0.225 e. The molecule has 0 bridgehead atoms. The van der Waals surface area contributed by atoms with Gasteiger partial charge in [-0.05, 0) is 5.56 Å². The number of benzene rings is 1. The van der Waals surface area contributed by atoms with Crippen LogP contribution in [-0.2, 0) is 17.8 Å². The van der Waals surface area contributed by atoms with Crippen molar-refractivity contribution in [2.75, 3.05) is 7.05 Å². The second kappa shape index (κ2) is 5.75. The van der Waals surface area contributed by atoms with Crippen LogP contribution in [0.1, 0.15) is 11.3 Å². The average molecular weight is 261 g/mol. The number of aromatic nitrogens is 1. The molecule has 0 saturated heterocycles. The maximum absolute atomic E-state index is 11.3. The zero-order valence-corrected chi connectivity index (χ0v) is 11.0. The van der Waals surface area contributed by atoms with E-state index in [2.05, 4.69) is 10.3 Å². The van der Waals surface area contributed by atoms with Gasteiger partial charge in [-0.15, -0.1) is 11.3 Å². The molecule has 0 spiro atoms. The third-order valence-electron chi connectivity index (χ3n) is 2.61. The minimum atomic E-state index is -0.0228. The molecule has 1 aromatic carbocycles. The molecule has 1 aromatic heterocycles. The SMILES string of the molecule is CNC(=O)Cc1csc(-c2ccc(CN)cc2)n1. The molecule has 2 rings (SSSR count). The summed E-state index contributed by atoms with van der Waals surface area (Å²) < 4.78 is 0. The van der Waals surface area contributed by atoms with Gasteiger partial charge in [-0.3, -0.25) is 4.79 Å². The topological polar surface area (TPSA) is 68.0 Å². The highest BCUT2D eigenvalue weighted by atomic mass is 32.1. The monoisotopic (exact) mass is 261 g/mol. The van der Waals surface area contributed by atoms with Gasteiger partial charge in [-0.25, -0.2) is 4.98 Å². The molecule has 2 aromatic rings. The van der Waals surface area contributed by atoms with E-state index in [0.29, 0.717) is 13.0 Å². The number of nitrogens with zero attached hydrogens (tertiary/aromatic N) is 1. The zero-order chi connectivity index (χ0) is 13.0. The van der Waals surface area contributed by atoms with Crippen LogP contribution in [0.3, 0.4) is 0 Å². The predicted molar refractivity (Wildman–Crippen MR) is 73.2 cm³/mol. The first-order valence-electron chi connectivity index (χ1n) is 5.67. The minimum Gasteiger partial charge on any atom is -0.359 e. The Bertz CT molecular complexity index is 533. The normalized spacial score (nSPS) is 10.3. The summed E-state index contributed by atoms with van der Waals surface area (Å²) in [4.78, 5) is 15.7. The van der Waals surface area contributed by atoms with Gasteiger partial charge in [0.05, 0.1) is 12.1 Å². The smallest absolute Gasteiger partial charge is 0.225 e. The van der Waals surface area contributed by atoms with Crippen molar-refractivity contribution in [3.05, 3.63) is 40.9 Å². The van der Waals surface area contributed by atoms with Crippen molar-refractivity contribution in [1.29, 1.82) is 0 Å². The molecule has 94 valence electrons. The van der Waals surface area contributed by atoms with Crippen LogP contribution in [0, 0.1) is 0 Å². The number of thiazole rings is 1. The van der Waals surface area contributed by atoms with Crippen LogP contribution >= 0.6 is 11.3 Å². The first-order chi connectivity index (χ1) is 8.72. The van der Waals surface area contributed by atoms with Gasteiger partial charge in [0.1, 0.15) is 5.01 Å². The second-order valence-electron chi connectivity index (χ2n) is 3.89. The highest BCUT2D eigenvalue weighted by Gasteiger charge is 2.07. The van der Waals surface area contributed by atoms with Gasteiger partial charge in [-0.2, -0.15) is 0 Å². The largest absolute Gasteiger partial charge is 0.359 e. The quantitative estimate of drug-likeness (QED) is 0.877. The predicted octanol–water partition coefficient (Wildman–Crippen LogP) is 1.56. The lowest BCUT2D eigenvalue weighted by atomic mass is 10.1. The van der Waals surface area contributed by atoms with E-state index in [9.17, 15) is 4.79 Å². The Morgan fingerprint density at radius 3 is 2.72 bits per heavy atom. The van der Waals surface area contributed by atoms with E-state index in [-0.39, 0.29) is 5.91 Å². The molecule has 0 fully saturated rings. The number of likely N-dealkylation sites (N-methyl/N-ethyl adjacent to an activating group) is 1. The fourth-order valence-corrected chi connectivity index (χ4v) is 2.38. The summed E-state index contributed by atoms with van der Waals surface area (Å²) in [6, 6.07) is 8.00. The van der Waals surface area contributed by atoms with E-state index in [4.69, 9.17) is 5.73 Å². The van der Waals surface area contributed by atoms with Gasteiger partial charge >= 0.3 is 0 Å². The second-order valence-corrected chi connectivity index (χ2v) is 4.75. The molecule has 18 heavy (non-hydrogen) atoms. The van der Waals surface area contributed by atoms with Crippen LogP contribution in [0.5, 0.6) is 0 Å². The van der Waals surface area contributed by atoms with Gasteiger partial charge < -0.3 is 11.1 Å². The highest BCUT2D eigenvalue weighted by molar-refractivity contribution is 7.13. The van der Waals surface area contributed by atoms with E-state index >= 15 is 0 Å². The number of nitrogens with two attached hydrogens (primary N) is 1. The van der Waals surface area contributed by atoms with E-state index in [1.54, 1.807) is 18.4 Å². The van der Waals surface area contributed by atoms with Crippen LogP contribution in [0.25, 0.3) is 10.6 Å². The molecular formula is C13H15N3OS. The van der Waals surface area contributed by atoms with Crippen molar-refractivity contribution in [3.63, 3.8) is 0 Å². The molecule has 0 aliphatic heterocycles. The molecule has 0 aliphatic carbocycles. The first kappa shape index (κ1) is 12.7. The van der Waals surface area contributed by atoms with Crippen LogP contribution in [-0.4, -0.2) is 17.9 Å². The third-order valence-corrected chi connectivity index (χ3v) is 3.55. The van der Waals surface area contributed by atoms with Gasteiger partial charge in [0, 0.05) is 24.5 Å². The van der Waals surface area contributed by atoms with Crippen LogP contribution in [0.4, 0.5) is 0 Å². The Kier molecular flexibility index (Phi) is 4.07. The zero-order valence-electron chi connectivity index (χ0n) is 10.1. The Morgan fingerprint density at radius 1 is 1.39 bits per heavy atom. The maximum atomic E-state index is 11.3. The van der Waals surface area contributed by atoms with E-state index in [1.807, 2.05) is 29.6 Å². The number of hydrogen-bond acceptors (Lipinski definition) is 4. The van der Waals surface area contributed by atoms with Gasteiger partial charge in [0.2, 0.25) is 5.91 Å². The van der Waals surface area contributed by atoms with Crippen molar-refractivity contribution >= 4 is 17.2 Å². The van der Waals surface area contributed by atoms with Crippen LogP contribution < -0.4 is 11.1 Å². The summed E-state index contributed by atoms with van der Waals surface area (Å²) in [5.41, 5.74) is 8.51. The van der Waals surface area contributed by atoms with Gasteiger partial charge in [-0.1, -0.05) is 24.3 Å². The molecule has 0 atom stereocenters. The van der Waals surface area contributed by atoms with Crippen molar-refractivity contribution in [1.82, 2.24) is 10.3 Å². The third kappa shape index (κ3) is 2.94. The van der Waals surface area contributed by atoms with Crippen molar-refractivity contribution in [2.45, 2.75) is 13.0 Å². The minimum absolute atomic E-state index is 0.0228. The van der Waals surface area contributed by atoms with E-state index in [1.165, 1.54) is 0 Å².